The van der Waals surface area contributed by atoms with Crippen LogP contribution >= 0.6 is 0 Å². The lowest BCUT2D eigenvalue weighted by atomic mass is 9.95. The maximum absolute atomic E-state index is 13.5. The summed E-state index contributed by atoms with van der Waals surface area (Å²) in [4.78, 5) is 52.0. The molecule has 10 heteroatoms. The van der Waals surface area contributed by atoms with Crippen molar-refractivity contribution in [1.82, 2.24) is 15.5 Å². The molecule has 2 atom stereocenters. The summed E-state index contributed by atoms with van der Waals surface area (Å²) in [5.74, 6) is -1.93. The molecule has 0 aromatic heterocycles. The van der Waals surface area contributed by atoms with Crippen molar-refractivity contribution >= 4 is 23.9 Å². The van der Waals surface area contributed by atoms with Crippen molar-refractivity contribution in [1.29, 1.82) is 0 Å². The second kappa shape index (κ2) is 12.4. The van der Waals surface area contributed by atoms with Gasteiger partial charge < -0.3 is 30.1 Å². The molecule has 2 unspecified atom stereocenters. The Hall–Kier alpha value is -3.14. The highest BCUT2D eigenvalue weighted by atomic mass is 16.6. The lowest BCUT2D eigenvalue weighted by molar-refractivity contribution is -0.146. The van der Waals surface area contributed by atoms with Crippen LogP contribution in [0.15, 0.2) is 18.2 Å². The van der Waals surface area contributed by atoms with Crippen molar-refractivity contribution in [3.8, 4) is 0 Å². The van der Waals surface area contributed by atoms with Crippen LogP contribution in [0.3, 0.4) is 0 Å². The van der Waals surface area contributed by atoms with Crippen molar-refractivity contribution in [2.24, 2.45) is 0 Å². The molecular formula is C24H37N3O7. The summed E-state index contributed by atoms with van der Waals surface area (Å²) in [6.45, 7) is 11.1. The molecule has 1 aromatic rings. The Kier molecular flexibility index (Phi) is 10.5. The van der Waals surface area contributed by atoms with E-state index >= 15 is 0 Å². The first kappa shape index (κ1) is 28.9. The lowest BCUT2D eigenvalue weighted by Crippen LogP contribution is -2.56. The van der Waals surface area contributed by atoms with Crippen LogP contribution in [0.4, 0.5) is 4.79 Å². The molecule has 10 nitrogen and oxygen atoms in total. The van der Waals surface area contributed by atoms with Gasteiger partial charge in [-0.15, -0.1) is 0 Å². The van der Waals surface area contributed by atoms with E-state index in [0.29, 0.717) is 5.56 Å². The van der Waals surface area contributed by atoms with Gasteiger partial charge in [0.1, 0.15) is 24.2 Å². The topological polar surface area (TPSA) is 134 Å². The molecule has 0 aliphatic heterocycles. The summed E-state index contributed by atoms with van der Waals surface area (Å²) >= 11 is 0. The first-order chi connectivity index (χ1) is 15.7. The molecule has 0 saturated carbocycles. The number of amides is 3. The molecule has 0 heterocycles. The number of aryl methyl sites for hydroxylation is 2. The van der Waals surface area contributed by atoms with E-state index in [1.807, 2.05) is 26.0 Å². The van der Waals surface area contributed by atoms with Crippen LogP contribution in [-0.2, 0) is 23.9 Å². The van der Waals surface area contributed by atoms with Gasteiger partial charge in [-0.1, -0.05) is 23.8 Å². The van der Waals surface area contributed by atoms with Crippen molar-refractivity contribution < 1.29 is 33.8 Å². The maximum atomic E-state index is 13.5. The molecule has 0 aliphatic carbocycles. The van der Waals surface area contributed by atoms with Crippen LogP contribution in [0.2, 0.25) is 0 Å². The Bertz CT molecular complexity index is 893. The number of aliphatic hydroxyl groups is 1. The second-order valence-corrected chi connectivity index (χ2v) is 9.28. The average Bonchev–Trinajstić information content (AvgIpc) is 2.72. The number of hydrogen-bond acceptors (Lipinski definition) is 7. The van der Waals surface area contributed by atoms with Gasteiger partial charge in [0, 0.05) is 6.04 Å². The minimum Gasteiger partial charge on any atom is -0.468 e. The van der Waals surface area contributed by atoms with Gasteiger partial charge in [-0.3, -0.25) is 14.4 Å². The van der Waals surface area contributed by atoms with Gasteiger partial charge >= 0.3 is 12.1 Å². The van der Waals surface area contributed by atoms with E-state index in [0.717, 1.165) is 11.1 Å². The van der Waals surface area contributed by atoms with Gasteiger partial charge in [-0.25, -0.2) is 4.79 Å². The Labute approximate surface area is 201 Å². The Morgan fingerprint density at radius 3 is 2.21 bits per heavy atom. The minimum atomic E-state index is -1.35. The molecule has 0 radical (unpaired) electrons. The Morgan fingerprint density at radius 1 is 1.12 bits per heavy atom. The molecule has 3 N–H and O–H groups in total. The molecule has 0 fully saturated rings. The van der Waals surface area contributed by atoms with Crippen molar-refractivity contribution in [2.45, 2.75) is 72.2 Å². The fourth-order valence-electron chi connectivity index (χ4n) is 3.37. The standard InChI is InChI=1S/C24H37N3O7/c1-14(2)27(22(31)18(13-28)26-23(32)34-24(5,6)7)20(21(30)25-12-19(29)33-8)17-10-9-15(3)11-16(17)4/h9-11,14,18,20,28H,12-13H2,1-8H3,(H,25,30)(H,26,32). The highest BCUT2D eigenvalue weighted by Gasteiger charge is 2.38. The number of esters is 1. The van der Waals surface area contributed by atoms with E-state index in [-0.39, 0.29) is 6.54 Å². The fraction of sp³-hybridized carbons (Fsp3) is 0.583. The minimum absolute atomic E-state index is 0.379. The molecule has 0 saturated heterocycles. The van der Waals surface area contributed by atoms with E-state index in [2.05, 4.69) is 15.4 Å². The second-order valence-electron chi connectivity index (χ2n) is 9.28. The number of carbonyl (C=O) groups is 4. The monoisotopic (exact) mass is 479 g/mol. The summed E-state index contributed by atoms with van der Waals surface area (Å²) in [5.41, 5.74) is 1.47. The third-order valence-electron chi connectivity index (χ3n) is 4.86. The summed E-state index contributed by atoms with van der Waals surface area (Å²) in [6.07, 6.45) is -0.873. The molecule has 34 heavy (non-hydrogen) atoms. The van der Waals surface area contributed by atoms with Gasteiger partial charge in [0.05, 0.1) is 13.7 Å². The number of benzene rings is 1. The van der Waals surface area contributed by atoms with E-state index in [1.165, 1.54) is 12.0 Å². The van der Waals surface area contributed by atoms with Crippen LogP contribution in [-0.4, -0.2) is 71.8 Å². The highest BCUT2D eigenvalue weighted by molar-refractivity contribution is 5.93. The number of carbonyl (C=O) groups excluding carboxylic acids is 4. The number of rotatable bonds is 9. The summed E-state index contributed by atoms with van der Waals surface area (Å²) in [7, 11) is 1.20. The van der Waals surface area contributed by atoms with Gasteiger partial charge in [-0.2, -0.15) is 0 Å². The third kappa shape index (κ3) is 8.33. The number of ether oxygens (including phenoxy) is 2. The summed E-state index contributed by atoms with van der Waals surface area (Å²) in [6, 6.07) is 2.45. The average molecular weight is 480 g/mol. The van der Waals surface area contributed by atoms with Gasteiger partial charge in [0.15, 0.2) is 0 Å². The fourth-order valence-corrected chi connectivity index (χ4v) is 3.37. The number of aliphatic hydroxyl groups excluding tert-OH is 1. The smallest absolute Gasteiger partial charge is 0.408 e. The summed E-state index contributed by atoms with van der Waals surface area (Å²) < 4.78 is 9.79. The number of methoxy groups -OCH3 is 1. The highest BCUT2D eigenvalue weighted by Crippen LogP contribution is 2.28. The van der Waals surface area contributed by atoms with Gasteiger partial charge in [0.2, 0.25) is 11.8 Å². The van der Waals surface area contributed by atoms with Gasteiger partial charge in [0.25, 0.3) is 0 Å². The van der Waals surface area contributed by atoms with Crippen LogP contribution in [0.5, 0.6) is 0 Å². The molecule has 1 aromatic carbocycles. The zero-order valence-electron chi connectivity index (χ0n) is 21.2. The zero-order valence-corrected chi connectivity index (χ0v) is 21.2. The van der Waals surface area contributed by atoms with E-state index in [9.17, 15) is 24.3 Å². The van der Waals surface area contributed by atoms with Crippen LogP contribution in [0.1, 0.15) is 57.4 Å². The predicted octanol–water partition coefficient (Wildman–Crippen LogP) is 1.76. The van der Waals surface area contributed by atoms with Crippen LogP contribution in [0.25, 0.3) is 0 Å². The quantitative estimate of drug-likeness (QED) is 0.459. The van der Waals surface area contributed by atoms with Crippen molar-refractivity contribution in [3.05, 3.63) is 34.9 Å². The molecule has 3 amide bonds. The number of nitrogens with zero attached hydrogens (tertiary/aromatic N) is 1. The number of alkyl carbamates (subject to hydrolysis) is 1. The number of hydrogen-bond donors (Lipinski definition) is 3. The maximum Gasteiger partial charge on any atom is 0.408 e. The van der Waals surface area contributed by atoms with Gasteiger partial charge in [-0.05, 0) is 59.6 Å². The van der Waals surface area contributed by atoms with E-state index < -0.39 is 54.2 Å². The Morgan fingerprint density at radius 2 is 1.74 bits per heavy atom. The molecule has 0 spiro atoms. The Balaban J connectivity index is 3.41. The van der Waals surface area contributed by atoms with Crippen LogP contribution in [0, 0.1) is 13.8 Å². The third-order valence-corrected chi connectivity index (χ3v) is 4.86. The first-order valence-corrected chi connectivity index (χ1v) is 11.1. The molecule has 1 rings (SSSR count). The SMILES string of the molecule is COC(=O)CNC(=O)C(c1ccc(C)cc1C)N(C(=O)C(CO)NC(=O)OC(C)(C)C)C(C)C. The number of nitrogens with one attached hydrogen (secondary N) is 2. The van der Waals surface area contributed by atoms with Crippen molar-refractivity contribution in [3.63, 3.8) is 0 Å². The molecular weight excluding hydrogens is 442 g/mol. The summed E-state index contributed by atoms with van der Waals surface area (Å²) in [5, 5.41) is 14.8. The molecule has 0 bridgehead atoms. The molecule has 190 valence electrons. The lowest BCUT2D eigenvalue weighted by Gasteiger charge is -2.37. The van der Waals surface area contributed by atoms with Crippen molar-refractivity contribution in [2.75, 3.05) is 20.3 Å². The normalized spacial score (nSPS) is 13.0. The van der Waals surface area contributed by atoms with E-state index in [1.54, 1.807) is 40.7 Å². The van der Waals surface area contributed by atoms with Crippen LogP contribution < -0.4 is 10.6 Å². The first-order valence-electron chi connectivity index (χ1n) is 11.1. The van der Waals surface area contributed by atoms with E-state index in [4.69, 9.17) is 4.74 Å². The molecule has 0 aliphatic rings. The zero-order chi connectivity index (χ0) is 26.2. The largest absolute Gasteiger partial charge is 0.468 e. The predicted molar refractivity (Wildman–Crippen MR) is 126 cm³/mol.